The Labute approximate surface area is 218 Å². The van der Waals surface area contributed by atoms with Crippen LogP contribution in [-0.2, 0) is 27.9 Å². The van der Waals surface area contributed by atoms with Crippen LogP contribution in [0.4, 0.5) is 4.39 Å². The van der Waals surface area contributed by atoms with Crippen molar-refractivity contribution >= 4 is 17.5 Å². The van der Waals surface area contributed by atoms with E-state index >= 15 is 0 Å². The Kier molecular flexibility index (Phi) is 8.17. The number of aryl methyl sites for hydroxylation is 1. The summed E-state index contributed by atoms with van der Waals surface area (Å²) in [5.74, 6) is -0.850. The van der Waals surface area contributed by atoms with Crippen molar-refractivity contribution in [3.63, 3.8) is 0 Å². The molecule has 38 heavy (non-hydrogen) atoms. The molecule has 0 saturated heterocycles. The van der Waals surface area contributed by atoms with E-state index < -0.39 is 17.8 Å². The number of benzene rings is 3. The minimum atomic E-state index is -0.619. The number of halogens is 1. The maximum absolute atomic E-state index is 13.2. The maximum atomic E-state index is 13.2. The fourth-order valence-corrected chi connectivity index (χ4v) is 3.74. The van der Waals surface area contributed by atoms with Gasteiger partial charge in [-0.2, -0.15) is 5.10 Å². The van der Waals surface area contributed by atoms with Crippen LogP contribution in [0.5, 0.6) is 11.6 Å². The number of nitrogens with zero attached hydrogens (tertiary/aromatic N) is 2. The number of para-hydroxylation sites is 1. The van der Waals surface area contributed by atoms with Gasteiger partial charge in [-0.25, -0.2) is 18.7 Å². The molecule has 194 valence electrons. The molecule has 0 radical (unpaired) electrons. The molecule has 0 fully saturated rings. The molecule has 9 heteroatoms. The highest BCUT2D eigenvalue weighted by Gasteiger charge is 2.19. The van der Waals surface area contributed by atoms with E-state index in [0.29, 0.717) is 28.5 Å². The van der Waals surface area contributed by atoms with Crippen LogP contribution < -0.4 is 9.47 Å². The number of hydrogen-bond donors (Lipinski definition) is 0. The standard InChI is InChI=1S/C29H25FN2O6/c1-32-27(37-17-20-8-4-5-9-22(20)24(18-35-2)29(34)36-3)16-25(31-32)23-10-6-7-11-26(23)38-28(33)19-12-14-21(30)15-13-19/h4-16,18H,17H2,1-3H3/b24-18+. The Morgan fingerprint density at radius 3 is 2.42 bits per heavy atom. The van der Waals surface area contributed by atoms with E-state index in [4.69, 9.17) is 18.9 Å². The summed E-state index contributed by atoms with van der Waals surface area (Å²) in [6.07, 6.45) is 1.33. The van der Waals surface area contributed by atoms with Crippen LogP contribution in [-0.4, -0.2) is 35.9 Å². The maximum Gasteiger partial charge on any atom is 0.343 e. The Balaban J connectivity index is 1.56. The summed E-state index contributed by atoms with van der Waals surface area (Å²) in [5, 5.41) is 4.52. The third kappa shape index (κ3) is 5.89. The van der Waals surface area contributed by atoms with Gasteiger partial charge in [0.25, 0.3) is 0 Å². The summed E-state index contributed by atoms with van der Waals surface area (Å²) in [5.41, 5.74) is 2.92. The summed E-state index contributed by atoms with van der Waals surface area (Å²) in [4.78, 5) is 24.9. The fraction of sp³-hybridized carbons (Fsp3) is 0.138. The van der Waals surface area contributed by atoms with Gasteiger partial charge >= 0.3 is 11.9 Å². The number of carbonyl (C=O) groups excluding carboxylic acids is 2. The van der Waals surface area contributed by atoms with E-state index in [0.717, 1.165) is 5.56 Å². The molecule has 0 aliphatic carbocycles. The molecule has 0 bridgehead atoms. The molecule has 0 aliphatic rings. The highest BCUT2D eigenvalue weighted by molar-refractivity contribution is 6.16. The SMILES string of the molecule is CO/C=C(/C(=O)OC)c1ccccc1COc1cc(-c2ccccc2OC(=O)c2ccc(F)cc2)nn1C. The van der Waals surface area contributed by atoms with Gasteiger partial charge in [0.1, 0.15) is 23.7 Å². The van der Waals surface area contributed by atoms with E-state index in [1.807, 2.05) is 12.1 Å². The van der Waals surface area contributed by atoms with Crippen molar-refractivity contribution < 1.29 is 32.9 Å². The Bertz CT molecular complexity index is 1480. The highest BCUT2D eigenvalue weighted by Crippen LogP contribution is 2.32. The normalized spacial score (nSPS) is 11.1. The summed E-state index contributed by atoms with van der Waals surface area (Å²) in [7, 11) is 4.48. The first kappa shape index (κ1) is 26.2. The van der Waals surface area contributed by atoms with Crippen LogP contribution >= 0.6 is 0 Å². The van der Waals surface area contributed by atoms with E-state index in [-0.39, 0.29) is 17.7 Å². The van der Waals surface area contributed by atoms with Crippen LogP contribution in [0.1, 0.15) is 21.5 Å². The molecule has 0 amide bonds. The van der Waals surface area contributed by atoms with Gasteiger partial charge in [0.05, 0.1) is 31.7 Å². The van der Waals surface area contributed by atoms with Crippen LogP contribution in [0.15, 0.2) is 85.1 Å². The van der Waals surface area contributed by atoms with Gasteiger partial charge in [-0.3, -0.25) is 0 Å². The largest absolute Gasteiger partial charge is 0.503 e. The Morgan fingerprint density at radius 2 is 1.68 bits per heavy atom. The van der Waals surface area contributed by atoms with E-state index in [2.05, 4.69) is 5.10 Å². The number of carbonyl (C=O) groups is 2. The Morgan fingerprint density at radius 1 is 0.974 bits per heavy atom. The van der Waals surface area contributed by atoms with Crippen LogP contribution in [0.3, 0.4) is 0 Å². The molecular formula is C29H25FN2O6. The van der Waals surface area contributed by atoms with E-state index in [9.17, 15) is 14.0 Å². The van der Waals surface area contributed by atoms with Crippen LogP contribution in [0.2, 0.25) is 0 Å². The molecule has 0 N–H and O–H groups in total. The molecule has 1 aromatic heterocycles. The number of ether oxygens (including phenoxy) is 4. The zero-order chi connectivity index (χ0) is 27.1. The smallest absolute Gasteiger partial charge is 0.343 e. The average Bonchev–Trinajstić information content (AvgIpc) is 3.31. The van der Waals surface area contributed by atoms with Crippen molar-refractivity contribution in [1.29, 1.82) is 0 Å². The molecule has 0 saturated carbocycles. The van der Waals surface area contributed by atoms with Gasteiger partial charge in [0.15, 0.2) is 0 Å². The second-order valence-electron chi connectivity index (χ2n) is 8.09. The predicted molar refractivity (Wildman–Crippen MR) is 138 cm³/mol. The van der Waals surface area contributed by atoms with Gasteiger partial charge in [-0.05, 0) is 47.5 Å². The third-order valence-electron chi connectivity index (χ3n) is 5.61. The minimum Gasteiger partial charge on any atom is -0.503 e. The molecule has 0 aliphatic heterocycles. The van der Waals surface area contributed by atoms with Crippen molar-refractivity contribution in [2.45, 2.75) is 6.61 Å². The van der Waals surface area contributed by atoms with Crippen molar-refractivity contribution in [3.05, 3.63) is 108 Å². The van der Waals surface area contributed by atoms with Crippen LogP contribution in [0, 0.1) is 5.82 Å². The molecule has 3 aromatic carbocycles. The quantitative estimate of drug-likeness (QED) is 0.131. The van der Waals surface area contributed by atoms with Gasteiger partial charge < -0.3 is 18.9 Å². The van der Waals surface area contributed by atoms with E-state index in [1.54, 1.807) is 54.2 Å². The number of rotatable bonds is 9. The Hall–Kier alpha value is -4.92. The first-order chi connectivity index (χ1) is 18.4. The minimum absolute atomic E-state index is 0.133. The van der Waals surface area contributed by atoms with Gasteiger partial charge in [0, 0.05) is 18.7 Å². The number of esters is 2. The van der Waals surface area contributed by atoms with Gasteiger partial charge in [-0.15, -0.1) is 0 Å². The number of hydrogen-bond acceptors (Lipinski definition) is 7. The lowest BCUT2D eigenvalue weighted by atomic mass is 10.0. The first-order valence-corrected chi connectivity index (χ1v) is 11.5. The first-order valence-electron chi connectivity index (χ1n) is 11.5. The molecule has 4 rings (SSSR count). The summed E-state index contributed by atoms with van der Waals surface area (Å²) >= 11 is 0. The molecule has 1 heterocycles. The van der Waals surface area contributed by atoms with Crippen LogP contribution in [0.25, 0.3) is 16.8 Å². The van der Waals surface area contributed by atoms with Crippen molar-refractivity contribution in [2.24, 2.45) is 7.05 Å². The molecule has 0 unspecified atom stereocenters. The second kappa shape index (κ2) is 11.9. The average molecular weight is 517 g/mol. The monoisotopic (exact) mass is 516 g/mol. The topological polar surface area (TPSA) is 88.9 Å². The van der Waals surface area contributed by atoms with Gasteiger partial charge in [-0.1, -0.05) is 36.4 Å². The summed E-state index contributed by atoms with van der Waals surface area (Å²) in [6, 6.07) is 21.0. The van der Waals surface area contributed by atoms with E-state index in [1.165, 1.54) is 44.7 Å². The lowest BCUT2D eigenvalue weighted by molar-refractivity contribution is -0.133. The molecule has 8 nitrogen and oxygen atoms in total. The van der Waals surface area contributed by atoms with Gasteiger partial charge in [0.2, 0.25) is 5.88 Å². The molecule has 4 aromatic rings. The number of methoxy groups -OCH3 is 2. The highest BCUT2D eigenvalue weighted by atomic mass is 19.1. The van der Waals surface area contributed by atoms with Crippen molar-refractivity contribution in [2.75, 3.05) is 14.2 Å². The summed E-state index contributed by atoms with van der Waals surface area (Å²) < 4.78 is 36.4. The fourth-order valence-electron chi connectivity index (χ4n) is 3.74. The third-order valence-corrected chi connectivity index (χ3v) is 5.61. The number of aromatic nitrogens is 2. The molecular weight excluding hydrogens is 491 g/mol. The summed E-state index contributed by atoms with van der Waals surface area (Å²) in [6.45, 7) is 0.133. The predicted octanol–water partition coefficient (Wildman–Crippen LogP) is 5.18. The molecule has 0 atom stereocenters. The zero-order valence-corrected chi connectivity index (χ0v) is 21.0. The second-order valence-corrected chi connectivity index (χ2v) is 8.09. The zero-order valence-electron chi connectivity index (χ0n) is 21.0. The molecule has 0 spiro atoms. The lowest BCUT2D eigenvalue weighted by Gasteiger charge is -2.12. The van der Waals surface area contributed by atoms with Crippen molar-refractivity contribution in [3.8, 4) is 22.9 Å². The van der Waals surface area contributed by atoms with Crippen molar-refractivity contribution in [1.82, 2.24) is 9.78 Å². The lowest BCUT2D eigenvalue weighted by Crippen LogP contribution is -2.09.